The molecule has 0 radical (unpaired) electrons. The number of rotatable bonds is 7. The van der Waals surface area contributed by atoms with Gasteiger partial charge < -0.3 is 5.32 Å². The first kappa shape index (κ1) is 28.1. The number of hydrazine groups is 1. The molecule has 0 fully saturated rings. The lowest BCUT2D eigenvalue weighted by molar-refractivity contribution is 0.548. The lowest BCUT2D eigenvalue weighted by atomic mass is 10.0. The van der Waals surface area contributed by atoms with E-state index in [9.17, 15) is 4.39 Å². The summed E-state index contributed by atoms with van der Waals surface area (Å²) in [6.45, 7) is 12.2. The van der Waals surface area contributed by atoms with Crippen LogP contribution >= 0.6 is 0 Å². The Kier molecular flexibility index (Phi) is 12.8. The van der Waals surface area contributed by atoms with Crippen molar-refractivity contribution in [2.45, 2.75) is 40.0 Å². The quantitative estimate of drug-likeness (QED) is 0.250. The van der Waals surface area contributed by atoms with E-state index >= 15 is 0 Å². The normalized spacial score (nSPS) is 14.1. The fourth-order valence-electron chi connectivity index (χ4n) is 3.57. The summed E-state index contributed by atoms with van der Waals surface area (Å²) in [4.78, 5) is 0. The summed E-state index contributed by atoms with van der Waals surface area (Å²) in [5.74, 6) is 6.05. The van der Waals surface area contributed by atoms with Gasteiger partial charge in [0.2, 0.25) is 0 Å². The summed E-state index contributed by atoms with van der Waals surface area (Å²) in [5, 5.41) is 3.02. The predicted molar refractivity (Wildman–Crippen MR) is 142 cm³/mol. The molecule has 4 N–H and O–H groups in total. The number of benzene rings is 2. The van der Waals surface area contributed by atoms with Gasteiger partial charge in [0.15, 0.2) is 0 Å². The van der Waals surface area contributed by atoms with Crippen molar-refractivity contribution in [3.05, 3.63) is 113 Å². The number of likely N-dealkylation sites (N-methyl/N-ethyl adjacent to an activating group) is 1. The highest BCUT2D eigenvalue weighted by Gasteiger charge is 2.34. The predicted octanol–water partition coefficient (Wildman–Crippen LogP) is 6.72. The number of fused-ring (bicyclic) bond motifs is 1. The molecule has 3 rings (SSSR count). The molecule has 4 heteroatoms. The van der Waals surface area contributed by atoms with Gasteiger partial charge in [-0.25, -0.2) is 4.39 Å². The van der Waals surface area contributed by atoms with Gasteiger partial charge in [-0.15, -0.1) is 0 Å². The third kappa shape index (κ3) is 9.21. The van der Waals surface area contributed by atoms with Crippen molar-refractivity contribution in [1.29, 1.82) is 0 Å². The van der Waals surface area contributed by atoms with Gasteiger partial charge in [-0.05, 0) is 61.7 Å². The summed E-state index contributed by atoms with van der Waals surface area (Å²) in [6, 6.07) is 15.6. The Morgan fingerprint density at radius 3 is 2.09 bits per heavy atom. The van der Waals surface area contributed by atoms with Crippen molar-refractivity contribution in [3.8, 4) is 0 Å². The number of allylic oxidation sites excluding steroid dienone is 6. The molecule has 0 saturated heterocycles. The lowest BCUT2D eigenvalue weighted by Crippen LogP contribution is -2.13. The minimum Gasteiger partial charge on any atom is -0.388 e. The van der Waals surface area contributed by atoms with Crippen molar-refractivity contribution >= 4 is 5.57 Å². The van der Waals surface area contributed by atoms with E-state index in [1.54, 1.807) is 36.4 Å². The molecular formula is C29H40FN3. The van der Waals surface area contributed by atoms with Crippen molar-refractivity contribution in [1.82, 2.24) is 10.7 Å². The monoisotopic (exact) mass is 449 g/mol. The molecule has 0 amide bonds. The molecule has 1 atom stereocenters. The zero-order valence-electron chi connectivity index (χ0n) is 21.0. The second kappa shape index (κ2) is 15.0. The molecule has 0 aliphatic heterocycles. The van der Waals surface area contributed by atoms with Crippen molar-refractivity contribution in [3.63, 3.8) is 0 Å². The maximum atomic E-state index is 13.6. The van der Waals surface area contributed by atoms with Gasteiger partial charge in [0.25, 0.3) is 0 Å². The number of nitrogens with one attached hydrogen (secondary N) is 2. The van der Waals surface area contributed by atoms with E-state index in [0.29, 0.717) is 5.56 Å². The summed E-state index contributed by atoms with van der Waals surface area (Å²) in [6.07, 6.45) is 8.91. The third-order valence-electron chi connectivity index (χ3n) is 5.57. The SMILES string of the molecule is C=C\C(=C/C=C(C)/C=C(\C)c1ccccc1F)NC.CCC(C)C1c2ccccc21.CNN. The maximum Gasteiger partial charge on any atom is 0.130 e. The molecule has 3 nitrogen and oxygen atoms in total. The van der Waals surface area contributed by atoms with Gasteiger partial charge in [0.1, 0.15) is 5.82 Å². The Morgan fingerprint density at radius 1 is 1.06 bits per heavy atom. The van der Waals surface area contributed by atoms with E-state index in [1.807, 2.05) is 45.2 Å². The first-order valence-corrected chi connectivity index (χ1v) is 11.4. The highest BCUT2D eigenvalue weighted by atomic mass is 19.1. The second-order valence-electron chi connectivity index (χ2n) is 8.07. The van der Waals surface area contributed by atoms with Gasteiger partial charge >= 0.3 is 0 Å². The Balaban J connectivity index is 0.000000325. The molecule has 0 heterocycles. The van der Waals surface area contributed by atoms with Crippen LogP contribution in [0.3, 0.4) is 0 Å². The molecule has 1 aliphatic carbocycles. The molecule has 2 aromatic carbocycles. The van der Waals surface area contributed by atoms with Gasteiger partial charge in [0, 0.05) is 24.2 Å². The number of hydrogen-bond acceptors (Lipinski definition) is 3. The minimum absolute atomic E-state index is 0.193. The van der Waals surface area contributed by atoms with Crippen LogP contribution < -0.4 is 16.6 Å². The highest BCUT2D eigenvalue weighted by molar-refractivity contribution is 5.66. The van der Waals surface area contributed by atoms with Crippen LogP contribution in [0, 0.1) is 11.7 Å². The van der Waals surface area contributed by atoms with Crippen LogP contribution in [-0.4, -0.2) is 14.1 Å². The van der Waals surface area contributed by atoms with Crippen LogP contribution in [0.5, 0.6) is 0 Å². The molecule has 2 aromatic rings. The van der Waals surface area contributed by atoms with Gasteiger partial charge in [0.05, 0.1) is 0 Å². The summed E-state index contributed by atoms with van der Waals surface area (Å²) >= 11 is 0. The van der Waals surface area contributed by atoms with E-state index in [2.05, 4.69) is 61.3 Å². The molecule has 0 aromatic heterocycles. The minimum atomic E-state index is -0.193. The standard InChI is InChI=1S/C17H20FN.C11H14.CH6N2/c1-5-15(19-4)11-10-13(2)12-14(3)16-8-6-7-9-17(16)18;1-3-8(2)11-9-6-4-5-7-10(9)11;1-3-2/h5-12,19H,1H2,2-4H3;4-8,11H,3H2,1-2H3;3H,2H2,1H3/b13-10+,14-12+,15-11+;;. The summed E-state index contributed by atoms with van der Waals surface area (Å²) in [7, 11) is 3.50. The Hall–Kier alpha value is -2.95. The van der Waals surface area contributed by atoms with Crippen molar-refractivity contribution in [2.24, 2.45) is 11.8 Å². The average molecular weight is 450 g/mol. The van der Waals surface area contributed by atoms with Crippen molar-refractivity contribution < 1.29 is 4.39 Å². The highest BCUT2D eigenvalue weighted by Crippen LogP contribution is 2.48. The van der Waals surface area contributed by atoms with Crippen LogP contribution in [0.4, 0.5) is 4.39 Å². The summed E-state index contributed by atoms with van der Waals surface area (Å²) < 4.78 is 13.6. The lowest BCUT2D eigenvalue weighted by Gasteiger charge is -2.03. The van der Waals surface area contributed by atoms with E-state index < -0.39 is 0 Å². The third-order valence-corrected chi connectivity index (χ3v) is 5.57. The molecule has 0 bridgehead atoms. The maximum absolute atomic E-state index is 13.6. The first-order valence-electron chi connectivity index (χ1n) is 11.4. The molecule has 1 aliphatic rings. The van der Waals surface area contributed by atoms with Crippen LogP contribution in [0.2, 0.25) is 0 Å². The molecule has 0 saturated carbocycles. The Bertz CT molecular complexity index is 949. The first-order chi connectivity index (χ1) is 15.8. The van der Waals surface area contributed by atoms with Crippen molar-refractivity contribution in [2.75, 3.05) is 14.1 Å². The zero-order chi connectivity index (χ0) is 24.8. The van der Waals surface area contributed by atoms with Crippen LogP contribution in [0.15, 0.2) is 90.7 Å². The second-order valence-corrected chi connectivity index (χ2v) is 8.07. The van der Waals surface area contributed by atoms with Gasteiger partial charge in [-0.2, -0.15) is 0 Å². The Morgan fingerprint density at radius 2 is 1.61 bits per heavy atom. The van der Waals surface area contributed by atoms with Crippen LogP contribution in [-0.2, 0) is 0 Å². The molecule has 33 heavy (non-hydrogen) atoms. The number of hydrogen-bond donors (Lipinski definition) is 3. The largest absolute Gasteiger partial charge is 0.388 e. The van der Waals surface area contributed by atoms with Gasteiger partial charge in [-0.1, -0.05) is 87.0 Å². The van der Waals surface area contributed by atoms with E-state index in [-0.39, 0.29) is 5.82 Å². The van der Waals surface area contributed by atoms with Crippen LogP contribution in [0.1, 0.15) is 56.7 Å². The Labute approximate surface area is 200 Å². The number of nitrogens with two attached hydrogens (primary N) is 1. The topological polar surface area (TPSA) is 50.1 Å². The molecule has 0 spiro atoms. The van der Waals surface area contributed by atoms with Gasteiger partial charge in [-0.3, -0.25) is 11.3 Å². The summed E-state index contributed by atoms with van der Waals surface area (Å²) in [5.41, 5.74) is 8.96. The van der Waals surface area contributed by atoms with E-state index in [4.69, 9.17) is 0 Å². The van der Waals surface area contributed by atoms with E-state index in [1.165, 1.54) is 12.5 Å². The van der Waals surface area contributed by atoms with Crippen LogP contribution in [0.25, 0.3) is 5.57 Å². The average Bonchev–Trinajstić information content (AvgIpc) is 3.55. The smallest absolute Gasteiger partial charge is 0.130 e. The fraction of sp³-hybridized carbons (Fsp3) is 0.310. The fourth-order valence-corrected chi connectivity index (χ4v) is 3.57. The zero-order valence-corrected chi connectivity index (χ0v) is 21.0. The molecule has 1 unspecified atom stereocenters. The van der Waals surface area contributed by atoms with E-state index in [0.717, 1.165) is 28.7 Å². The number of halogens is 1. The molecule has 178 valence electrons. The molecular weight excluding hydrogens is 409 g/mol.